The van der Waals surface area contributed by atoms with E-state index in [1.165, 1.54) is 0 Å². The number of hydrogen-bond donors (Lipinski definition) is 3. The number of aliphatic hydroxyl groups is 1. The summed E-state index contributed by atoms with van der Waals surface area (Å²) in [6, 6.07) is 1.26. The lowest BCUT2D eigenvalue weighted by Gasteiger charge is -2.12. The number of nitrogens with zero attached hydrogens (tertiary/aromatic N) is 1. The predicted octanol–water partition coefficient (Wildman–Crippen LogP) is 1.77. The maximum Gasteiger partial charge on any atom is 0.261 e. The molecule has 0 bridgehead atoms. The van der Waals surface area contributed by atoms with Crippen LogP contribution < -0.4 is 10.6 Å². The van der Waals surface area contributed by atoms with Crippen molar-refractivity contribution < 1.29 is 19.2 Å². The number of carbonyl (C=O) groups is 2. The number of amides is 2. The number of carbonyl (C=O) groups excluding carboxylic acids is 2. The highest BCUT2D eigenvalue weighted by atomic mass is 16.5. The van der Waals surface area contributed by atoms with Crippen molar-refractivity contribution >= 4 is 11.8 Å². The van der Waals surface area contributed by atoms with Crippen LogP contribution in [0.1, 0.15) is 51.5 Å². The normalized spacial score (nSPS) is 18.0. The molecular formula is C16H23N3O4. The standard InChI is InChI=1S/C16H23N3O4/c1-8(2)5-12-14(20)13(16(22)18-12)15(21)17-7-10-6-11(9(3)4)19-23-10/h6,8-9,12,20H,5,7H2,1-4H3,(H,17,21)(H,18,22). The van der Waals surface area contributed by atoms with Gasteiger partial charge in [0.05, 0.1) is 18.3 Å². The van der Waals surface area contributed by atoms with E-state index in [0.29, 0.717) is 12.2 Å². The second kappa shape index (κ2) is 6.85. The Morgan fingerprint density at radius 2 is 2.13 bits per heavy atom. The number of rotatable bonds is 6. The number of aliphatic hydroxyl groups excluding tert-OH is 1. The molecule has 2 amide bonds. The number of nitrogens with one attached hydrogen (secondary N) is 2. The molecule has 23 heavy (non-hydrogen) atoms. The highest BCUT2D eigenvalue weighted by Crippen LogP contribution is 2.21. The molecule has 126 valence electrons. The minimum absolute atomic E-state index is 0.109. The molecule has 2 heterocycles. The van der Waals surface area contributed by atoms with Crippen molar-refractivity contribution in [2.75, 3.05) is 0 Å². The maximum absolute atomic E-state index is 12.2. The summed E-state index contributed by atoms with van der Waals surface area (Å²) < 4.78 is 5.12. The largest absolute Gasteiger partial charge is 0.509 e. The number of hydrogen-bond acceptors (Lipinski definition) is 5. The lowest BCUT2D eigenvalue weighted by atomic mass is 10.0. The van der Waals surface area contributed by atoms with Crippen molar-refractivity contribution in [2.24, 2.45) is 5.92 Å². The van der Waals surface area contributed by atoms with Crippen LogP contribution in [0.5, 0.6) is 0 Å². The predicted molar refractivity (Wildman–Crippen MR) is 83.5 cm³/mol. The fourth-order valence-corrected chi connectivity index (χ4v) is 2.39. The first-order valence-electron chi connectivity index (χ1n) is 7.77. The Hall–Kier alpha value is -2.31. The van der Waals surface area contributed by atoms with E-state index in [1.54, 1.807) is 6.07 Å². The average Bonchev–Trinajstić information content (AvgIpc) is 3.02. The van der Waals surface area contributed by atoms with E-state index in [9.17, 15) is 14.7 Å². The summed E-state index contributed by atoms with van der Waals surface area (Å²) in [6.45, 7) is 8.04. The molecule has 0 spiro atoms. The molecule has 0 aromatic carbocycles. The van der Waals surface area contributed by atoms with Gasteiger partial charge < -0.3 is 20.3 Å². The molecular weight excluding hydrogens is 298 g/mol. The quantitative estimate of drug-likeness (QED) is 0.693. The van der Waals surface area contributed by atoms with Gasteiger partial charge in [-0.1, -0.05) is 32.9 Å². The van der Waals surface area contributed by atoms with Crippen molar-refractivity contribution in [3.63, 3.8) is 0 Å². The molecule has 0 saturated heterocycles. The Balaban J connectivity index is 2.01. The summed E-state index contributed by atoms with van der Waals surface area (Å²) in [6.07, 6.45) is 0.578. The van der Waals surface area contributed by atoms with Crippen molar-refractivity contribution in [3.05, 3.63) is 28.9 Å². The fraction of sp³-hybridized carbons (Fsp3) is 0.562. The van der Waals surface area contributed by atoms with Crippen molar-refractivity contribution in [2.45, 2.75) is 52.6 Å². The van der Waals surface area contributed by atoms with Crippen LogP contribution in [0.25, 0.3) is 0 Å². The molecule has 1 unspecified atom stereocenters. The van der Waals surface area contributed by atoms with Crippen LogP contribution in [0.15, 0.2) is 21.9 Å². The van der Waals surface area contributed by atoms with Gasteiger partial charge in [-0.25, -0.2) is 0 Å². The van der Waals surface area contributed by atoms with E-state index < -0.39 is 17.9 Å². The van der Waals surface area contributed by atoms with Crippen LogP contribution in [0.4, 0.5) is 0 Å². The lowest BCUT2D eigenvalue weighted by molar-refractivity contribution is -0.123. The Bertz CT molecular complexity index is 631. The van der Waals surface area contributed by atoms with Gasteiger partial charge in [-0.05, 0) is 18.3 Å². The van der Waals surface area contributed by atoms with E-state index in [2.05, 4.69) is 15.8 Å². The Kier molecular flexibility index (Phi) is 5.08. The van der Waals surface area contributed by atoms with Gasteiger partial charge in [0.1, 0.15) is 11.3 Å². The topological polar surface area (TPSA) is 104 Å². The van der Waals surface area contributed by atoms with Gasteiger partial charge in [0.15, 0.2) is 5.76 Å². The zero-order valence-corrected chi connectivity index (χ0v) is 13.8. The van der Waals surface area contributed by atoms with Crippen molar-refractivity contribution in [1.29, 1.82) is 0 Å². The monoisotopic (exact) mass is 321 g/mol. The first kappa shape index (κ1) is 17.1. The molecule has 7 nitrogen and oxygen atoms in total. The third kappa shape index (κ3) is 3.91. The first-order valence-corrected chi connectivity index (χ1v) is 7.77. The molecule has 7 heteroatoms. The van der Waals surface area contributed by atoms with Gasteiger partial charge in [-0.3, -0.25) is 9.59 Å². The van der Waals surface area contributed by atoms with Crippen LogP contribution in [0.2, 0.25) is 0 Å². The van der Waals surface area contributed by atoms with E-state index in [1.807, 2.05) is 27.7 Å². The van der Waals surface area contributed by atoms with Gasteiger partial charge in [0.25, 0.3) is 11.8 Å². The third-order valence-electron chi connectivity index (χ3n) is 3.64. The van der Waals surface area contributed by atoms with Crippen LogP contribution in [0, 0.1) is 5.92 Å². The van der Waals surface area contributed by atoms with E-state index in [-0.39, 0.29) is 29.7 Å². The van der Waals surface area contributed by atoms with Crippen LogP contribution in [0.3, 0.4) is 0 Å². The van der Waals surface area contributed by atoms with Gasteiger partial charge in [0.2, 0.25) is 0 Å². The third-order valence-corrected chi connectivity index (χ3v) is 3.64. The maximum atomic E-state index is 12.2. The van der Waals surface area contributed by atoms with Gasteiger partial charge in [-0.2, -0.15) is 0 Å². The Morgan fingerprint density at radius 1 is 1.43 bits per heavy atom. The van der Waals surface area contributed by atoms with E-state index >= 15 is 0 Å². The summed E-state index contributed by atoms with van der Waals surface area (Å²) in [5.41, 5.74) is 0.575. The van der Waals surface area contributed by atoms with Gasteiger partial charge in [-0.15, -0.1) is 0 Å². The fourth-order valence-electron chi connectivity index (χ4n) is 2.39. The molecule has 2 rings (SSSR count). The van der Waals surface area contributed by atoms with Gasteiger partial charge in [0, 0.05) is 6.07 Å². The summed E-state index contributed by atoms with van der Waals surface area (Å²) >= 11 is 0. The summed E-state index contributed by atoms with van der Waals surface area (Å²) in [7, 11) is 0. The molecule has 1 aliphatic heterocycles. The molecule has 0 fully saturated rings. The van der Waals surface area contributed by atoms with Gasteiger partial charge >= 0.3 is 0 Å². The second-order valence-electron chi connectivity index (χ2n) is 6.47. The van der Waals surface area contributed by atoms with E-state index in [4.69, 9.17) is 4.52 Å². The zero-order chi connectivity index (χ0) is 17.1. The summed E-state index contributed by atoms with van der Waals surface area (Å²) in [5, 5.41) is 19.2. The SMILES string of the molecule is CC(C)CC1NC(=O)C(C(=O)NCc2cc(C(C)C)no2)=C1O. The van der Waals surface area contributed by atoms with Crippen molar-refractivity contribution in [1.82, 2.24) is 15.8 Å². The van der Waals surface area contributed by atoms with E-state index in [0.717, 1.165) is 5.69 Å². The highest BCUT2D eigenvalue weighted by molar-refractivity contribution is 6.20. The molecule has 0 saturated carbocycles. The smallest absolute Gasteiger partial charge is 0.261 e. The van der Waals surface area contributed by atoms with Crippen molar-refractivity contribution in [3.8, 4) is 0 Å². The summed E-state index contributed by atoms with van der Waals surface area (Å²) in [4.78, 5) is 24.1. The zero-order valence-electron chi connectivity index (χ0n) is 13.8. The Morgan fingerprint density at radius 3 is 2.70 bits per heavy atom. The molecule has 3 N–H and O–H groups in total. The molecule has 1 aromatic rings. The molecule has 0 aliphatic carbocycles. The van der Waals surface area contributed by atoms with Crippen LogP contribution in [-0.4, -0.2) is 28.1 Å². The molecule has 1 aliphatic rings. The molecule has 0 radical (unpaired) electrons. The number of aromatic nitrogens is 1. The lowest BCUT2D eigenvalue weighted by Crippen LogP contribution is -2.32. The van der Waals surface area contributed by atoms with Crippen LogP contribution >= 0.6 is 0 Å². The average molecular weight is 321 g/mol. The summed E-state index contributed by atoms with van der Waals surface area (Å²) in [5.74, 6) is -0.346. The molecule has 1 atom stereocenters. The first-order chi connectivity index (χ1) is 10.8. The molecule has 1 aromatic heterocycles. The van der Waals surface area contributed by atoms with Crippen LogP contribution in [-0.2, 0) is 16.1 Å². The minimum Gasteiger partial charge on any atom is -0.509 e. The second-order valence-corrected chi connectivity index (χ2v) is 6.47. The highest BCUT2D eigenvalue weighted by Gasteiger charge is 2.36. The Labute approximate surface area is 135 Å². The minimum atomic E-state index is -0.617.